The highest BCUT2D eigenvalue weighted by molar-refractivity contribution is 5.99. The molecule has 36 heavy (non-hydrogen) atoms. The topological polar surface area (TPSA) is 70.2 Å². The van der Waals surface area contributed by atoms with E-state index in [1.165, 1.54) is 11.6 Å². The van der Waals surface area contributed by atoms with Gasteiger partial charge in [0.25, 0.3) is 5.56 Å². The molecule has 0 unspecified atom stereocenters. The van der Waals surface area contributed by atoms with E-state index in [9.17, 15) is 9.59 Å². The van der Waals surface area contributed by atoms with Crippen LogP contribution in [0.5, 0.6) is 5.75 Å². The molecule has 1 N–H and O–H groups in total. The molecule has 3 heterocycles. The third-order valence-electron chi connectivity index (χ3n) is 6.90. The van der Waals surface area contributed by atoms with E-state index < -0.39 is 0 Å². The SMILES string of the molecule is CCOc1ccc([C@H]2Nc3ccccc3-n3c(-c4ccccc4)c4c(=O)n(C)c(=O)n(C)c4c32)cc1. The van der Waals surface area contributed by atoms with E-state index in [4.69, 9.17) is 4.74 Å². The highest BCUT2D eigenvalue weighted by Crippen LogP contribution is 2.45. The van der Waals surface area contributed by atoms with Crippen LogP contribution in [0.3, 0.4) is 0 Å². The maximum atomic E-state index is 13.7. The number of anilines is 1. The molecule has 0 saturated heterocycles. The number of aromatic nitrogens is 3. The third kappa shape index (κ3) is 3.12. The van der Waals surface area contributed by atoms with E-state index in [1.54, 1.807) is 11.6 Å². The predicted octanol–water partition coefficient (Wildman–Crippen LogP) is 4.61. The monoisotopic (exact) mass is 478 g/mol. The Morgan fingerprint density at radius 3 is 2.28 bits per heavy atom. The average molecular weight is 479 g/mol. The molecule has 180 valence electrons. The van der Waals surface area contributed by atoms with E-state index in [0.29, 0.717) is 17.5 Å². The number of aryl methyl sites for hydroxylation is 1. The van der Waals surface area contributed by atoms with Crippen molar-refractivity contribution in [3.63, 3.8) is 0 Å². The lowest BCUT2D eigenvalue weighted by molar-refractivity contribution is 0.340. The fourth-order valence-electron chi connectivity index (χ4n) is 5.26. The molecule has 0 amide bonds. The van der Waals surface area contributed by atoms with Gasteiger partial charge in [-0.25, -0.2) is 4.79 Å². The van der Waals surface area contributed by atoms with Crippen LogP contribution in [-0.4, -0.2) is 20.3 Å². The molecule has 7 heteroatoms. The molecule has 3 aromatic carbocycles. The Balaban J connectivity index is 1.78. The Bertz CT molecular complexity index is 1730. The van der Waals surface area contributed by atoms with Crippen LogP contribution >= 0.6 is 0 Å². The molecule has 0 bridgehead atoms. The summed E-state index contributed by atoms with van der Waals surface area (Å²) in [4.78, 5) is 26.8. The first-order valence-corrected chi connectivity index (χ1v) is 12.0. The van der Waals surface area contributed by atoms with Gasteiger partial charge in [0.2, 0.25) is 0 Å². The Morgan fingerprint density at radius 2 is 1.56 bits per heavy atom. The lowest BCUT2D eigenvalue weighted by atomic mass is 9.99. The van der Waals surface area contributed by atoms with Crippen molar-refractivity contribution in [1.82, 2.24) is 13.7 Å². The highest BCUT2D eigenvalue weighted by Gasteiger charge is 2.34. The Labute approximate surface area is 207 Å². The minimum absolute atomic E-state index is 0.298. The third-order valence-corrected chi connectivity index (χ3v) is 6.90. The minimum Gasteiger partial charge on any atom is -0.494 e. The number of fused-ring (bicyclic) bond motifs is 5. The molecule has 5 aromatic rings. The number of ether oxygens (including phenoxy) is 1. The van der Waals surface area contributed by atoms with Crippen LogP contribution in [0, 0.1) is 0 Å². The number of nitrogens with zero attached hydrogens (tertiary/aromatic N) is 3. The summed E-state index contributed by atoms with van der Waals surface area (Å²) in [5, 5.41) is 4.20. The molecule has 0 radical (unpaired) electrons. The van der Waals surface area contributed by atoms with E-state index in [1.807, 2.05) is 85.8 Å². The van der Waals surface area contributed by atoms with Crippen LogP contribution < -0.4 is 21.3 Å². The number of benzene rings is 3. The quantitative estimate of drug-likeness (QED) is 0.410. The van der Waals surface area contributed by atoms with Gasteiger partial charge in [0.15, 0.2) is 0 Å². The van der Waals surface area contributed by atoms with E-state index >= 15 is 0 Å². The Morgan fingerprint density at radius 1 is 0.861 bits per heavy atom. The van der Waals surface area contributed by atoms with Crippen molar-refractivity contribution in [1.29, 1.82) is 0 Å². The van der Waals surface area contributed by atoms with Crippen molar-refractivity contribution in [3.05, 3.63) is 111 Å². The van der Waals surface area contributed by atoms with Gasteiger partial charge in [-0.2, -0.15) is 0 Å². The molecule has 6 rings (SSSR count). The zero-order valence-corrected chi connectivity index (χ0v) is 20.4. The van der Waals surface area contributed by atoms with Crippen molar-refractivity contribution in [2.75, 3.05) is 11.9 Å². The second kappa shape index (κ2) is 8.30. The van der Waals surface area contributed by atoms with Gasteiger partial charge in [-0.3, -0.25) is 13.9 Å². The molecule has 0 fully saturated rings. The summed E-state index contributed by atoms with van der Waals surface area (Å²) in [6, 6.07) is 25.6. The fraction of sp³-hybridized carbons (Fsp3) is 0.172. The number of hydrogen-bond acceptors (Lipinski definition) is 4. The summed E-state index contributed by atoms with van der Waals surface area (Å²) in [5.74, 6) is 0.795. The van der Waals surface area contributed by atoms with Gasteiger partial charge in [0, 0.05) is 14.1 Å². The molecular weight excluding hydrogens is 452 g/mol. The van der Waals surface area contributed by atoms with E-state index in [-0.39, 0.29) is 17.3 Å². The lowest BCUT2D eigenvalue weighted by Gasteiger charge is -2.31. The summed E-state index contributed by atoms with van der Waals surface area (Å²) in [5.41, 5.74) is 5.38. The van der Waals surface area contributed by atoms with E-state index in [2.05, 4.69) is 9.88 Å². The molecule has 7 nitrogen and oxygen atoms in total. The molecule has 2 aromatic heterocycles. The molecule has 0 aliphatic carbocycles. The largest absolute Gasteiger partial charge is 0.494 e. The summed E-state index contributed by atoms with van der Waals surface area (Å²) >= 11 is 0. The number of hydrogen-bond donors (Lipinski definition) is 1. The Kier molecular flexibility index (Phi) is 5.07. The molecule has 0 saturated carbocycles. The summed E-state index contributed by atoms with van der Waals surface area (Å²) in [7, 11) is 3.27. The predicted molar refractivity (Wildman–Crippen MR) is 142 cm³/mol. The van der Waals surface area contributed by atoms with Crippen LogP contribution in [0.1, 0.15) is 24.2 Å². The van der Waals surface area contributed by atoms with Crippen molar-refractivity contribution in [2.45, 2.75) is 13.0 Å². The highest BCUT2D eigenvalue weighted by atomic mass is 16.5. The molecule has 0 spiro atoms. The Hall–Kier alpha value is -4.52. The first kappa shape index (κ1) is 22.0. The van der Waals surface area contributed by atoms with Crippen molar-refractivity contribution in [3.8, 4) is 22.7 Å². The zero-order valence-electron chi connectivity index (χ0n) is 20.4. The first-order valence-electron chi connectivity index (χ1n) is 12.0. The van der Waals surface area contributed by atoms with Crippen molar-refractivity contribution in [2.24, 2.45) is 14.1 Å². The fourth-order valence-corrected chi connectivity index (χ4v) is 5.26. The molecule has 1 aliphatic rings. The normalized spacial score (nSPS) is 14.2. The standard InChI is InChI=1S/C29H26N4O3/c1-4-36-20-16-14-18(15-17-20)24-27-26-23(28(34)32(3)29(35)31(26)2)25(19-10-6-5-7-11-19)33(27)22-13-9-8-12-21(22)30-24/h5-17,24,30H,4H2,1-3H3/t24-/m1/s1. The number of rotatable bonds is 4. The van der Waals surface area contributed by atoms with Crippen molar-refractivity contribution < 1.29 is 4.74 Å². The average Bonchev–Trinajstić information content (AvgIpc) is 3.28. The van der Waals surface area contributed by atoms with Gasteiger partial charge in [0.05, 0.1) is 46.3 Å². The smallest absolute Gasteiger partial charge is 0.331 e. The minimum atomic E-state index is -0.357. The number of para-hydroxylation sites is 2. The molecule has 1 aliphatic heterocycles. The summed E-state index contributed by atoms with van der Waals surface area (Å²) < 4.78 is 10.6. The van der Waals surface area contributed by atoms with Crippen LogP contribution in [0.2, 0.25) is 0 Å². The zero-order chi connectivity index (χ0) is 25.0. The second-order valence-electron chi connectivity index (χ2n) is 8.96. The first-order chi connectivity index (χ1) is 17.5. The maximum absolute atomic E-state index is 13.7. The second-order valence-corrected chi connectivity index (χ2v) is 8.96. The van der Waals surface area contributed by atoms with Gasteiger partial charge in [0.1, 0.15) is 5.75 Å². The van der Waals surface area contributed by atoms with Gasteiger partial charge >= 0.3 is 5.69 Å². The number of nitrogens with one attached hydrogen (secondary N) is 1. The molecule has 1 atom stereocenters. The van der Waals surface area contributed by atoms with Crippen LogP contribution in [0.15, 0.2) is 88.5 Å². The van der Waals surface area contributed by atoms with Gasteiger partial charge in [-0.15, -0.1) is 0 Å². The van der Waals surface area contributed by atoms with Crippen LogP contribution in [0.4, 0.5) is 5.69 Å². The van der Waals surface area contributed by atoms with Gasteiger partial charge in [-0.05, 0) is 42.3 Å². The van der Waals surface area contributed by atoms with Gasteiger partial charge in [-0.1, -0.05) is 54.6 Å². The summed E-state index contributed by atoms with van der Waals surface area (Å²) in [6.45, 7) is 2.55. The molecular formula is C29H26N4O3. The van der Waals surface area contributed by atoms with Crippen LogP contribution in [-0.2, 0) is 14.1 Å². The van der Waals surface area contributed by atoms with Crippen molar-refractivity contribution >= 4 is 16.6 Å². The summed E-state index contributed by atoms with van der Waals surface area (Å²) in [6.07, 6.45) is 0. The van der Waals surface area contributed by atoms with Gasteiger partial charge < -0.3 is 14.6 Å². The lowest BCUT2D eigenvalue weighted by Crippen LogP contribution is -2.37. The van der Waals surface area contributed by atoms with E-state index in [0.717, 1.165) is 39.6 Å². The van der Waals surface area contributed by atoms with Crippen LogP contribution in [0.25, 0.3) is 27.8 Å². The maximum Gasteiger partial charge on any atom is 0.331 e.